The minimum Gasteiger partial charge on any atom is -0.353 e. The monoisotopic (exact) mass is 368 g/mol. The molecule has 2 aromatic rings. The lowest BCUT2D eigenvalue weighted by Crippen LogP contribution is -2.36. The Hall–Kier alpha value is -2.29. The Bertz CT molecular complexity index is 856. The number of hydrogen-bond donors (Lipinski definition) is 1. The maximum absolute atomic E-state index is 13.8. The van der Waals surface area contributed by atoms with Gasteiger partial charge in [-0.2, -0.15) is 4.98 Å². The van der Waals surface area contributed by atoms with Crippen LogP contribution in [0, 0.1) is 11.6 Å². The molecule has 1 aromatic heterocycles. The summed E-state index contributed by atoms with van der Waals surface area (Å²) in [4.78, 5) is 10.1. The number of halogens is 2. The largest absolute Gasteiger partial charge is 0.353 e. The molecule has 134 valence electrons. The van der Waals surface area contributed by atoms with Crippen LogP contribution in [0.15, 0.2) is 30.5 Å². The SMILES string of the molecule is CCN(c1ccnc(Nc2c(F)cccc2F)n1)C1CCS(=O)(=O)C1. The second-order valence-electron chi connectivity index (χ2n) is 5.80. The van der Waals surface area contributed by atoms with Crippen molar-refractivity contribution in [2.45, 2.75) is 19.4 Å². The molecular weight excluding hydrogens is 350 g/mol. The van der Waals surface area contributed by atoms with Gasteiger partial charge in [-0.25, -0.2) is 22.2 Å². The van der Waals surface area contributed by atoms with E-state index in [4.69, 9.17) is 0 Å². The zero-order valence-electron chi connectivity index (χ0n) is 13.6. The van der Waals surface area contributed by atoms with Crippen LogP contribution < -0.4 is 10.2 Å². The van der Waals surface area contributed by atoms with Crippen molar-refractivity contribution in [3.63, 3.8) is 0 Å². The summed E-state index contributed by atoms with van der Waals surface area (Å²) in [6.07, 6.45) is 2.00. The minimum absolute atomic E-state index is 0.0424. The van der Waals surface area contributed by atoms with Gasteiger partial charge in [-0.05, 0) is 31.5 Å². The van der Waals surface area contributed by atoms with Gasteiger partial charge in [-0.1, -0.05) is 6.07 Å². The molecule has 1 unspecified atom stereocenters. The summed E-state index contributed by atoms with van der Waals surface area (Å²) in [5, 5.41) is 2.55. The third kappa shape index (κ3) is 3.87. The van der Waals surface area contributed by atoms with Gasteiger partial charge in [0.25, 0.3) is 0 Å². The summed E-state index contributed by atoms with van der Waals surface area (Å²) in [5.74, 6) is -0.702. The number of benzene rings is 1. The molecule has 9 heteroatoms. The highest BCUT2D eigenvalue weighted by atomic mass is 32.2. The third-order valence-electron chi connectivity index (χ3n) is 4.12. The summed E-state index contributed by atoms with van der Waals surface area (Å²) in [7, 11) is -3.03. The van der Waals surface area contributed by atoms with Crippen LogP contribution in [-0.2, 0) is 9.84 Å². The highest BCUT2D eigenvalue weighted by Crippen LogP contribution is 2.25. The van der Waals surface area contributed by atoms with Crippen LogP contribution in [0.25, 0.3) is 0 Å². The van der Waals surface area contributed by atoms with E-state index in [0.717, 1.165) is 12.1 Å². The van der Waals surface area contributed by atoms with Gasteiger partial charge in [-0.15, -0.1) is 0 Å². The molecule has 1 N–H and O–H groups in total. The summed E-state index contributed by atoms with van der Waals surface area (Å²) >= 11 is 0. The van der Waals surface area contributed by atoms with Crippen molar-refractivity contribution in [3.05, 3.63) is 42.1 Å². The van der Waals surface area contributed by atoms with Gasteiger partial charge < -0.3 is 10.2 Å². The molecule has 1 aliphatic rings. The number of para-hydroxylation sites is 1. The van der Waals surface area contributed by atoms with Gasteiger partial charge in [0.05, 0.1) is 11.5 Å². The van der Waals surface area contributed by atoms with Crippen molar-refractivity contribution in [2.24, 2.45) is 0 Å². The zero-order chi connectivity index (χ0) is 18.0. The van der Waals surface area contributed by atoms with Crippen molar-refractivity contribution in [2.75, 3.05) is 28.3 Å². The van der Waals surface area contributed by atoms with Crippen molar-refractivity contribution in [3.8, 4) is 0 Å². The van der Waals surface area contributed by atoms with Crippen LogP contribution in [0.5, 0.6) is 0 Å². The van der Waals surface area contributed by atoms with Crippen molar-refractivity contribution < 1.29 is 17.2 Å². The van der Waals surface area contributed by atoms with Crippen LogP contribution in [0.1, 0.15) is 13.3 Å². The molecule has 0 saturated carbocycles. The van der Waals surface area contributed by atoms with E-state index in [1.807, 2.05) is 11.8 Å². The molecule has 1 fully saturated rings. The minimum atomic E-state index is -3.03. The number of sulfone groups is 1. The number of nitrogens with one attached hydrogen (secondary N) is 1. The molecule has 3 rings (SSSR count). The maximum Gasteiger partial charge on any atom is 0.229 e. The second kappa shape index (κ2) is 6.91. The summed E-state index contributed by atoms with van der Waals surface area (Å²) < 4.78 is 51.0. The number of nitrogens with zero attached hydrogens (tertiary/aromatic N) is 3. The Morgan fingerprint density at radius 3 is 2.60 bits per heavy atom. The first-order valence-electron chi connectivity index (χ1n) is 7.91. The van der Waals surface area contributed by atoms with Gasteiger partial charge in [0.2, 0.25) is 5.95 Å². The first-order valence-corrected chi connectivity index (χ1v) is 9.73. The molecule has 0 radical (unpaired) electrons. The Morgan fingerprint density at radius 1 is 1.28 bits per heavy atom. The molecule has 0 bridgehead atoms. The van der Waals surface area contributed by atoms with Gasteiger partial charge >= 0.3 is 0 Å². The number of anilines is 3. The molecule has 2 heterocycles. The van der Waals surface area contributed by atoms with Crippen LogP contribution in [-0.4, -0.2) is 42.5 Å². The third-order valence-corrected chi connectivity index (χ3v) is 5.87. The predicted octanol–water partition coefficient (Wildman–Crippen LogP) is 2.51. The van der Waals surface area contributed by atoms with Crippen molar-refractivity contribution in [1.82, 2.24) is 9.97 Å². The molecule has 1 aromatic carbocycles. The van der Waals surface area contributed by atoms with E-state index in [-0.39, 0.29) is 29.2 Å². The van der Waals surface area contributed by atoms with Crippen molar-refractivity contribution >= 4 is 27.3 Å². The normalized spacial score (nSPS) is 18.9. The van der Waals surface area contributed by atoms with Crippen LogP contribution in [0.3, 0.4) is 0 Å². The molecule has 1 aliphatic heterocycles. The van der Waals surface area contributed by atoms with Crippen LogP contribution >= 0.6 is 0 Å². The molecule has 0 amide bonds. The Balaban J connectivity index is 1.85. The van der Waals surface area contributed by atoms with E-state index in [9.17, 15) is 17.2 Å². The van der Waals surface area contributed by atoms with E-state index in [0.29, 0.717) is 18.8 Å². The van der Waals surface area contributed by atoms with Crippen LogP contribution in [0.4, 0.5) is 26.2 Å². The van der Waals surface area contributed by atoms with Gasteiger partial charge in [0.1, 0.15) is 23.1 Å². The van der Waals surface area contributed by atoms with E-state index >= 15 is 0 Å². The molecule has 25 heavy (non-hydrogen) atoms. The zero-order valence-corrected chi connectivity index (χ0v) is 14.4. The van der Waals surface area contributed by atoms with Gasteiger partial charge in [0, 0.05) is 18.8 Å². The Labute approximate surface area is 144 Å². The van der Waals surface area contributed by atoms with E-state index < -0.39 is 21.5 Å². The number of rotatable bonds is 5. The smallest absolute Gasteiger partial charge is 0.229 e. The number of hydrogen-bond acceptors (Lipinski definition) is 6. The first kappa shape index (κ1) is 17.5. The average molecular weight is 368 g/mol. The van der Waals surface area contributed by atoms with Crippen LogP contribution in [0.2, 0.25) is 0 Å². The van der Waals surface area contributed by atoms with E-state index in [2.05, 4.69) is 15.3 Å². The predicted molar refractivity (Wildman–Crippen MR) is 91.8 cm³/mol. The fourth-order valence-corrected chi connectivity index (χ4v) is 4.66. The molecular formula is C16H18F2N4O2S. The lowest BCUT2D eigenvalue weighted by molar-refractivity contribution is 0.590. The molecule has 1 atom stereocenters. The van der Waals surface area contributed by atoms with E-state index in [1.165, 1.54) is 12.3 Å². The lowest BCUT2D eigenvalue weighted by Gasteiger charge is -2.28. The van der Waals surface area contributed by atoms with Gasteiger partial charge in [0.15, 0.2) is 9.84 Å². The fourth-order valence-electron chi connectivity index (χ4n) is 2.93. The Kier molecular flexibility index (Phi) is 4.85. The topological polar surface area (TPSA) is 75.2 Å². The maximum atomic E-state index is 13.8. The highest BCUT2D eigenvalue weighted by Gasteiger charge is 2.32. The molecule has 6 nitrogen and oxygen atoms in total. The molecule has 0 spiro atoms. The van der Waals surface area contributed by atoms with Gasteiger partial charge in [-0.3, -0.25) is 0 Å². The van der Waals surface area contributed by atoms with E-state index in [1.54, 1.807) is 6.07 Å². The fraction of sp³-hybridized carbons (Fsp3) is 0.375. The first-order chi connectivity index (χ1) is 11.9. The summed E-state index contributed by atoms with van der Waals surface area (Å²) in [5.41, 5.74) is -0.328. The Morgan fingerprint density at radius 2 is 2.00 bits per heavy atom. The molecule has 1 saturated heterocycles. The second-order valence-corrected chi connectivity index (χ2v) is 8.03. The lowest BCUT2D eigenvalue weighted by atomic mass is 10.2. The molecule has 0 aliphatic carbocycles. The average Bonchev–Trinajstić information content (AvgIpc) is 2.92. The highest BCUT2D eigenvalue weighted by molar-refractivity contribution is 7.91. The summed E-state index contributed by atoms with van der Waals surface area (Å²) in [6, 6.07) is 5.03. The summed E-state index contributed by atoms with van der Waals surface area (Å²) in [6.45, 7) is 2.46. The standard InChI is InChI=1S/C16H18F2N4O2S/c1-2-22(11-7-9-25(23,24)10-11)14-6-8-19-16(20-14)21-15-12(17)4-3-5-13(15)18/h3-6,8,11H,2,7,9-10H2,1H3,(H,19,20,21). The number of aromatic nitrogens is 2. The van der Waals surface area contributed by atoms with Crippen molar-refractivity contribution in [1.29, 1.82) is 0 Å². The quantitative estimate of drug-likeness (QED) is 0.874.